The van der Waals surface area contributed by atoms with E-state index in [9.17, 15) is 0 Å². The Morgan fingerprint density at radius 2 is 2.33 bits per heavy atom. The molecule has 0 spiro atoms. The topological polar surface area (TPSA) is 24.9 Å². The van der Waals surface area contributed by atoms with Crippen LogP contribution in [0, 0.1) is 5.92 Å². The lowest BCUT2D eigenvalue weighted by molar-refractivity contribution is 0.358. The molecule has 1 aromatic heterocycles. The molecule has 1 saturated carbocycles. The van der Waals surface area contributed by atoms with E-state index in [1.807, 2.05) is 6.07 Å². The van der Waals surface area contributed by atoms with E-state index in [1.54, 1.807) is 12.4 Å². The summed E-state index contributed by atoms with van der Waals surface area (Å²) >= 11 is 6.05. The van der Waals surface area contributed by atoms with Gasteiger partial charge in [-0.3, -0.25) is 4.98 Å². The minimum absolute atomic E-state index is 0.577. The molecule has 1 heterocycles. The van der Waals surface area contributed by atoms with Crippen LogP contribution in [-0.2, 0) is 0 Å². The molecule has 2 unspecified atom stereocenters. The largest absolute Gasteiger partial charge is 0.381 e. The van der Waals surface area contributed by atoms with Crippen LogP contribution in [0.25, 0.3) is 0 Å². The predicted molar refractivity (Wildman–Crippen MR) is 64.3 cm³/mol. The normalized spacial score (nSPS) is 26.3. The van der Waals surface area contributed by atoms with E-state index in [0.717, 1.165) is 16.6 Å². The Labute approximate surface area is 96.1 Å². The van der Waals surface area contributed by atoms with Gasteiger partial charge in [0.25, 0.3) is 0 Å². The second-order valence-corrected chi connectivity index (χ2v) is 4.88. The van der Waals surface area contributed by atoms with E-state index in [1.165, 1.54) is 25.7 Å². The highest BCUT2D eigenvalue weighted by atomic mass is 35.5. The highest BCUT2D eigenvalue weighted by Crippen LogP contribution is 2.28. The molecular formula is C12H17ClN2. The first kappa shape index (κ1) is 10.7. The smallest absolute Gasteiger partial charge is 0.0820 e. The second kappa shape index (κ2) is 4.84. The predicted octanol–water partition coefficient (Wildman–Crippen LogP) is 3.73. The van der Waals surface area contributed by atoms with Crippen LogP contribution in [0.5, 0.6) is 0 Å². The van der Waals surface area contributed by atoms with E-state index >= 15 is 0 Å². The molecule has 1 aliphatic rings. The van der Waals surface area contributed by atoms with Gasteiger partial charge in [0.15, 0.2) is 0 Å². The Hall–Kier alpha value is -0.760. The molecule has 2 nitrogen and oxygen atoms in total. The molecule has 0 aromatic carbocycles. The summed E-state index contributed by atoms with van der Waals surface area (Å²) in [7, 11) is 0. The summed E-state index contributed by atoms with van der Waals surface area (Å²) in [5, 5.41) is 4.23. The number of halogens is 1. The first-order valence-corrected chi connectivity index (χ1v) is 5.99. The van der Waals surface area contributed by atoms with E-state index in [4.69, 9.17) is 11.6 Å². The second-order valence-electron chi connectivity index (χ2n) is 4.47. The van der Waals surface area contributed by atoms with Crippen molar-refractivity contribution in [2.24, 2.45) is 5.92 Å². The molecule has 2 atom stereocenters. The van der Waals surface area contributed by atoms with Gasteiger partial charge in [0.1, 0.15) is 0 Å². The summed E-state index contributed by atoms with van der Waals surface area (Å²) < 4.78 is 0. The molecular weight excluding hydrogens is 208 g/mol. The van der Waals surface area contributed by atoms with Gasteiger partial charge in [-0.1, -0.05) is 31.4 Å². The SMILES string of the molecule is CC1CCCC(Nc2ccncc2Cl)C1. The zero-order chi connectivity index (χ0) is 10.7. The maximum absolute atomic E-state index is 6.05. The standard InChI is InChI=1S/C12H17ClN2/c1-9-3-2-4-10(7-9)15-12-5-6-14-8-11(12)13/h5-6,8-10H,2-4,7H2,1H3,(H,14,15). The number of anilines is 1. The fraction of sp³-hybridized carbons (Fsp3) is 0.583. The number of hydrogen-bond donors (Lipinski definition) is 1. The van der Waals surface area contributed by atoms with E-state index in [2.05, 4.69) is 17.2 Å². The van der Waals surface area contributed by atoms with Gasteiger partial charge >= 0.3 is 0 Å². The summed E-state index contributed by atoms with van der Waals surface area (Å²) in [6, 6.07) is 2.52. The maximum atomic E-state index is 6.05. The van der Waals surface area contributed by atoms with E-state index in [-0.39, 0.29) is 0 Å². The minimum Gasteiger partial charge on any atom is -0.381 e. The monoisotopic (exact) mass is 224 g/mol. The van der Waals surface area contributed by atoms with Crippen LogP contribution in [0.15, 0.2) is 18.5 Å². The lowest BCUT2D eigenvalue weighted by Crippen LogP contribution is -2.26. The third-order valence-electron chi connectivity index (χ3n) is 3.07. The third kappa shape index (κ3) is 2.85. The lowest BCUT2D eigenvalue weighted by Gasteiger charge is -2.28. The van der Waals surface area contributed by atoms with Gasteiger partial charge in [-0.05, 0) is 24.8 Å². The van der Waals surface area contributed by atoms with Crippen LogP contribution in [-0.4, -0.2) is 11.0 Å². The molecule has 1 aromatic rings. The molecule has 1 aliphatic carbocycles. The molecule has 0 radical (unpaired) electrons. The van der Waals surface area contributed by atoms with Crippen molar-refractivity contribution in [3.05, 3.63) is 23.5 Å². The van der Waals surface area contributed by atoms with Crippen LogP contribution in [0.1, 0.15) is 32.6 Å². The number of aromatic nitrogens is 1. The van der Waals surface area contributed by atoms with Crippen molar-refractivity contribution in [2.45, 2.75) is 38.6 Å². The highest BCUT2D eigenvalue weighted by Gasteiger charge is 2.18. The highest BCUT2D eigenvalue weighted by molar-refractivity contribution is 6.33. The lowest BCUT2D eigenvalue weighted by atomic mass is 9.87. The average Bonchev–Trinajstić information content (AvgIpc) is 2.22. The zero-order valence-electron chi connectivity index (χ0n) is 9.04. The van der Waals surface area contributed by atoms with Crippen LogP contribution in [0.2, 0.25) is 5.02 Å². The first-order valence-electron chi connectivity index (χ1n) is 5.62. The zero-order valence-corrected chi connectivity index (χ0v) is 9.80. The summed E-state index contributed by atoms with van der Waals surface area (Å²) in [5.41, 5.74) is 1.02. The van der Waals surface area contributed by atoms with Crippen LogP contribution in [0.4, 0.5) is 5.69 Å². The van der Waals surface area contributed by atoms with Crippen molar-refractivity contribution >= 4 is 17.3 Å². The van der Waals surface area contributed by atoms with E-state index in [0.29, 0.717) is 6.04 Å². The fourth-order valence-corrected chi connectivity index (χ4v) is 2.45. The molecule has 3 heteroatoms. The molecule has 0 bridgehead atoms. The Kier molecular flexibility index (Phi) is 3.47. The van der Waals surface area contributed by atoms with Crippen molar-refractivity contribution in [3.8, 4) is 0 Å². The number of pyridine rings is 1. The molecule has 1 fully saturated rings. The molecule has 0 amide bonds. The van der Waals surface area contributed by atoms with E-state index < -0.39 is 0 Å². The van der Waals surface area contributed by atoms with Gasteiger partial charge in [0, 0.05) is 18.4 Å². The van der Waals surface area contributed by atoms with Crippen molar-refractivity contribution in [3.63, 3.8) is 0 Å². The Bertz CT molecular complexity index is 327. The Balaban J connectivity index is 1.99. The molecule has 2 rings (SSSR count). The van der Waals surface area contributed by atoms with Gasteiger partial charge in [-0.25, -0.2) is 0 Å². The van der Waals surface area contributed by atoms with Gasteiger partial charge in [-0.15, -0.1) is 0 Å². The number of nitrogens with zero attached hydrogens (tertiary/aromatic N) is 1. The Morgan fingerprint density at radius 3 is 3.07 bits per heavy atom. The van der Waals surface area contributed by atoms with Crippen LogP contribution in [0.3, 0.4) is 0 Å². The van der Waals surface area contributed by atoms with Crippen LogP contribution >= 0.6 is 11.6 Å². The summed E-state index contributed by atoms with van der Waals surface area (Å²) in [6.45, 7) is 2.32. The molecule has 82 valence electrons. The molecule has 0 saturated heterocycles. The summed E-state index contributed by atoms with van der Waals surface area (Å²) in [6.07, 6.45) is 8.65. The third-order valence-corrected chi connectivity index (χ3v) is 3.37. The summed E-state index contributed by atoms with van der Waals surface area (Å²) in [5.74, 6) is 0.830. The number of rotatable bonds is 2. The van der Waals surface area contributed by atoms with Crippen LogP contribution < -0.4 is 5.32 Å². The number of nitrogens with one attached hydrogen (secondary N) is 1. The van der Waals surface area contributed by atoms with Gasteiger partial charge in [-0.2, -0.15) is 0 Å². The number of hydrogen-bond acceptors (Lipinski definition) is 2. The van der Waals surface area contributed by atoms with Gasteiger partial charge in [0.2, 0.25) is 0 Å². The average molecular weight is 225 g/mol. The van der Waals surface area contributed by atoms with Crippen molar-refractivity contribution in [1.82, 2.24) is 4.98 Å². The van der Waals surface area contributed by atoms with Gasteiger partial charge < -0.3 is 5.32 Å². The van der Waals surface area contributed by atoms with Crippen molar-refractivity contribution < 1.29 is 0 Å². The Morgan fingerprint density at radius 1 is 1.47 bits per heavy atom. The molecule has 0 aliphatic heterocycles. The quantitative estimate of drug-likeness (QED) is 0.828. The minimum atomic E-state index is 0.577. The fourth-order valence-electron chi connectivity index (χ4n) is 2.28. The van der Waals surface area contributed by atoms with Crippen molar-refractivity contribution in [1.29, 1.82) is 0 Å². The maximum Gasteiger partial charge on any atom is 0.0820 e. The molecule has 1 N–H and O–H groups in total. The molecule has 15 heavy (non-hydrogen) atoms. The first-order chi connectivity index (χ1) is 7.25. The van der Waals surface area contributed by atoms with Gasteiger partial charge in [0.05, 0.1) is 10.7 Å². The summed E-state index contributed by atoms with van der Waals surface area (Å²) in [4.78, 5) is 3.98. The van der Waals surface area contributed by atoms with Crippen molar-refractivity contribution in [2.75, 3.05) is 5.32 Å².